The highest BCUT2D eigenvalue weighted by Gasteiger charge is 2.41. The standard InChI is InChI=1S/C64H63N3OSi/c1-45(2)69(68,46(3)4)64-11-9-10-63(44-64)67(61-40-24-53(25-41-61)51-20-36-59(37-21-51)65(55-28-12-47(5)13-29-55)56-30-14-48(6)15-31-56)62-42-26-54(27-43-62)52-22-38-60(39-23-52)66(57-32-16-49(7)17-33-57)58-34-18-50(8)19-35-58/h9-46,68H,1-8H3. The number of anilines is 9. The van der Waals surface area contributed by atoms with E-state index in [0.29, 0.717) is 0 Å². The second-order valence-electron chi connectivity index (χ2n) is 19.2. The Morgan fingerprint density at radius 2 is 0.507 bits per heavy atom. The number of nitrogens with zero attached hydrogens (tertiary/aromatic N) is 3. The Bertz CT molecular complexity index is 2830. The summed E-state index contributed by atoms with van der Waals surface area (Å²) in [6.07, 6.45) is 0. The monoisotopic (exact) mass is 917 g/mol. The van der Waals surface area contributed by atoms with Crippen LogP contribution in [-0.2, 0) is 0 Å². The normalized spacial score (nSPS) is 11.5. The van der Waals surface area contributed by atoms with Crippen LogP contribution in [0.2, 0.25) is 11.1 Å². The molecule has 0 aliphatic rings. The molecule has 0 aromatic heterocycles. The Labute approximate surface area is 411 Å². The Morgan fingerprint density at radius 3 is 0.739 bits per heavy atom. The van der Waals surface area contributed by atoms with Crippen LogP contribution in [0.3, 0.4) is 0 Å². The first-order chi connectivity index (χ1) is 33.3. The quantitative estimate of drug-likeness (QED) is 0.110. The van der Waals surface area contributed by atoms with Crippen LogP contribution in [0.4, 0.5) is 51.2 Å². The SMILES string of the molecule is Cc1ccc(N(c2ccc(C)cc2)c2ccc(-c3ccc(N(c4ccc(-c5ccc(N(c6ccc(C)cc6)c6ccc(C)cc6)cc5)cc4)c4cccc([Si](O)(C(C)C)C(C)C)c4)cc3)cc2)cc1. The molecule has 69 heavy (non-hydrogen) atoms. The average molecular weight is 918 g/mol. The maximum Gasteiger partial charge on any atom is 0.225 e. The number of rotatable bonds is 14. The molecule has 0 fully saturated rings. The van der Waals surface area contributed by atoms with Gasteiger partial charge in [-0.25, -0.2) is 0 Å². The van der Waals surface area contributed by atoms with E-state index in [1.165, 1.54) is 22.3 Å². The zero-order valence-corrected chi connectivity index (χ0v) is 42.2. The van der Waals surface area contributed by atoms with Crippen LogP contribution in [0.1, 0.15) is 49.9 Å². The molecule has 0 heterocycles. The molecule has 0 atom stereocenters. The van der Waals surface area contributed by atoms with Gasteiger partial charge in [-0.3, -0.25) is 0 Å². The third-order valence-corrected chi connectivity index (χ3v) is 18.4. The zero-order valence-electron chi connectivity index (χ0n) is 41.2. The van der Waals surface area contributed by atoms with Crippen LogP contribution in [0.15, 0.2) is 218 Å². The fraction of sp³-hybridized carbons (Fsp3) is 0.156. The van der Waals surface area contributed by atoms with Gasteiger partial charge in [0.05, 0.1) is 0 Å². The topological polar surface area (TPSA) is 30.0 Å². The predicted molar refractivity (Wildman–Crippen MR) is 298 cm³/mol. The molecule has 5 heteroatoms. The van der Waals surface area contributed by atoms with E-state index in [-0.39, 0.29) is 11.1 Å². The lowest BCUT2D eigenvalue weighted by atomic mass is 10.0. The molecule has 4 nitrogen and oxygen atoms in total. The largest absolute Gasteiger partial charge is 0.427 e. The molecular weight excluding hydrogens is 855 g/mol. The molecule has 0 spiro atoms. The molecule has 0 unspecified atom stereocenters. The van der Waals surface area contributed by atoms with Crippen LogP contribution in [-0.4, -0.2) is 13.1 Å². The van der Waals surface area contributed by atoms with Crippen molar-refractivity contribution >= 4 is 64.7 Å². The van der Waals surface area contributed by atoms with Gasteiger partial charge < -0.3 is 19.5 Å². The number of hydrogen-bond acceptors (Lipinski definition) is 4. The second kappa shape index (κ2) is 20.0. The van der Waals surface area contributed by atoms with Gasteiger partial charge in [-0.15, -0.1) is 0 Å². The van der Waals surface area contributed by atoms with Crippen LogP contribution in [0.25, 0.3) is 22.3 Å². The summed E-state index contributed by atoms with van der Waals surface area (Å²) in [6.45, 7) is 17.2. The molecule has 9 aromatic carbocycles. The Kier molecular flexibility index (Phi) is 13.5. The number of aryl methyl sites for hydroxylation is 4. The fourth-order valence-electron chi connectivity index (χ4n) is 9.56. The van der Waals surface area contributed by atoms with Gasteiger partial charge in [0.1, 0.15) is 0 Å². The first-order valence-electron chi connectivity index (χ1n) is 24.3. The Balaban J connectivity index is 1.04. The van der Waals surface area contributed by atoms with Gasteiger partial charge in [-0.1, -0.05) is 159 Å². The van der Waals surface area contributed by atoms with E-state index < -0.39 is 8.32 Å². The first kappa shape index (κ1) is 46.7. The smallest absolute Gasteiger partial charge is 0.225 e. The minimum atomic E-state index is -2.82. The summed E-state index contributed by atoms with van der Waals surface area (Å²) >= 11 is 0. The van der Waals surface area contributed by atoms with Crippen molar-refractivity contribution < 1.29 is 4.80 Å². The van der Waals surface area contributed by atoms with E-state index in [1.807, 2.05) is 0 Å². The summed E-state index contributed by atoms with van der Waals surface area (Å²) < 4.78 is 0. The lowest BCUT2D eigenvalue weighted by Gasteiger charge is -2.35. The van der Waals surface area contributed by atoms with E-state index in [4.69, 9.17) is 0 Å². The highest BCUT2D eigenvalue weighted by Crippen LogP contribution is 2.41. The van der Waals surface area contributed by atoms with Gasteiger partial charge in [-0.2, -0.15) is 0 Å². The van der Waals surface area contributed by atoms with E-state index in [1.54, 1.807) is 0 Å². The molecule has 0 saturated heterocycles. The minimum absolute atomic E-state index is 0.166. The van der Waals surface area contributed by atoms with Crippen molar-refractivity contribution in [2.45, 2.75) is 66.5 Å². The van der Waals surface area contributed by atoms with E-state index >= 15 is 0 Å². The lowest BCUT2D eigenvalue weighted by molar-refractivity contribution is 0.513. The fourth-order valence-corrected chi connectivity index (χ4v) is 13.0. The van der Waals surface area contributed by atoms with Crippen LogP contribution < -0.4 is 19.9 Å². The third-order valence-electron chi connectivity index (χ3n) is 13.7. The summed E-state index contributed by atoms with van der Waals surface area (Å²) in [6, 6.07) is 79.0. The molecule has 0 amide bonds. The third kappa shape index (κ3) is 9.94. The van der Waals surface area contributed by atoms with Gasteiger partial charge in [0.15, 0.2) is 0 Å². The summed E-state index contributed by atoms with van der Waals surface area (Å²) in [5, 5.41) is 1.05. The molecule has 0 saturated carbocycles. The highest BCUT2D eigenvalue weighted by atomic mass is 28.4. The minimum Gasteiger partial charge on any atom is -0.427 e. The van der Waals surface area contributed by atoms with Crippen molar-refractivity contribution in [1.29, 1.82) is 0 Å². The Morgan fingerprint density at radius 1 is 0.290 bits per heavy atom. The predicted octanol–water partition coefficient (Wildman–Crippen LogP) is 17.6. The highest BCUT2D eigenvalue weighted by molar-refractivity contribution is 6.87. The second-order valence-corrected chi connectivity index (χ2v) is 23.8. The molecule has 1 N–H and O–H groups in total. The van der Waals surface area contributed by atoms with Crippen LogP contribution >= 0.6 is 0 Å². The molecule has 0 radical (unpaired) electrons. The van der Waals surface area contributed by atoms with Crippen molar-refractivity contribution in [3.8, 4) is 22.3 Å². The van der Waals surface area contributed by atoms with Crippen LogP contribution in [0.5, 0.6) is 0 Å². The molecule has 344 valence electrons. The number of benzene rings is 9. The maximum atomic E-state index is 12.3. The van der Waals surface area contributed by atoms with E-state index in [2.05, 4.69) is 288 Å². The van der Waals surface area contributed by atoms with Gasteiger partial charge in [0, 0.05) is 51.2 Å². The van der Waals surface area contributed by atoms with Crippen LogP contribution in [0, 0.1) is 27.7 Å². The number of hydrogen-bond donors (Lipinski definition) is 1. The summed E-state index contributed by atoms with van der Waals surface area (Å²) in [5.74, 6) is 0. The summed E-state index contributed by atoms with van der Waals surface area (Å²) in [7, 11) is -2.82. The van der Waals surface area contributed by atoms with E-state index in [9.17, 15) is 4.80 Å². The molecule has 0 aliphatic heterocycles. The van der Waals surface area contributed by atoms with Crippen molar-refractivity contribution in [1.82, 2.24) is 0 Å². The maximum absolute atomic E-state index is 12.3. The van der Waals surface area contributed by atoms with Gasteiger partial charge in [0.25, 0.3) is 0 Å². The molecule has 9 aromatic rings. The summed E-state index contributed by atoms with van der Waals surface area (Å²) in [4.78, 5) is 19.3. The van der Waals surface area contributed by atoms with Gasteiger partial charge in [-0.05, 0) is 175 Å². The molecular formula is C64H63N3OSi. The van der Waals surface area contributed by atoms with Crippen molar-refractivity contribution in [3.63, 3.8) is 0 Å². The van der Waals surface area contributed by atoms with Gasteiger partial charge >= 0.3 is 0 Å². The molecule has 0 bridgehead atoms. The van der Waals surface area contributed by atoms with Gasteiger partial charge in [0.2, 0.25) is 8.32 Å². The summed E-state index contributed by atoms with van der Waals surface area (Å²) in [5.41, 5.74) is 19.7. The first-order valence-corrected chi connectivity index (χ1v) is 26.4. The zero-order chi connectivity index (χ0) is 48.2. The Hall–Kier alpha value is -7.44. The van der Waals surface area contributed by atoms with Crippen molar-refractivity contribution in [3.05, 3.63) is 241 Å². The lowest BCUT2D eigenvalue weighted by Crippen LogP contribution is -2.53. The molecule has 0 aliphatic carbocycles. The van der Waals surface area contributed by atoms with E-state index in [0.717, 1.165) is 78.6 Å². The van der Waals surface area contributed by atoms with Crippen molar-refractivity contribution in [2.24, 2.45) is 0 Å². The molecule has 9 rings (SSSR count). The van der Waals surface area contributed by atoms with Crippen molar-refractivity contribution in [2.75, 3.05) is 14.7 Å². The average Bonchev–Trinajstić information content (AvgIpc) is 3.37.